The highest BCUT2D eigenvalue weighted by Crippen LogP contribution is 2.31. The van der Waals surface area contributed by atoms with E-state index in [1.54, 1.807) is 13.0 Å². The highest BCUT2D eigenvalue weighted by molar-refractivity contribution is 5.82. The highest BCUT2D eigenvalue weighted by atomic mass is 19.1. The van der Waals surface area contributed by atoms with Crippen molar-refractivity contribution in [2.24, 2.45) is 0 Å². The van der Waals surface area contributed by atoms with Crippen LogP contribution < -0.4 is 0 Å². The van der Waals surface area contributed by atoms with Gasteiger partial charge in [0.2, 0.25) is 0 Å². The first kappa shape index (κ1) is 12.5. The molecule has 5 heteroatoms. The molecule has 1 aromatic carbocycles. The molecular weight excluding hydrogens is 237 g/mol. The van der Waals surface area contributed by atoms with Gasteiger partial charge in [-0.15, -0.1) is 0 Å². The van der Waals surface area contributed by atoms with Gasteiger partial charge >= 0.3 is 6.09 Å². The molecular formula is C13H14FNO3. The topological polar surface area (TPSA) is 57.6 Å². The van der Waals surface area contributed by atoms with Crippen LogP contribution in [-0.2, 0) is 4.79 Å². The number of Topliss-reactive ketones (excluding diaryl/α,β-unsaturated/α-hetero) is 1. The summed E-state index contributed by atoms with van der Waals surface area (Å²) in [6, 6.07) is 3.71. The minimum atomic E-state index is -1.05. The minimum Gasteiger partial charge on any atom is -0.465 e. The second kappa shape index (κ2) is 4.76. The fraction of sp³-hybridized carbons (Fsp3) is 0.385. The van der Waals surface area contributed by atoms with Crippen molar-refractivity contribution in [3.05, 3.63) is 35.1 Å². The van der Waals surface area contributed by atoms with Gasteiger partial charge in [-0.2, -0.15) is 0 Å². The maximum atomic E-state index is 13.1. The van der Waals surface area contributed by atoms with Crippen LogP contribution in [0.15, 0.2) is 18.2 Å². The predicted molar refractivity (Wildman–Crippen MR) is 62.8 cm³/mol. The van der Waals surface area contributed by atoms with E-state index in [1.165, 1.54) is 17.0 Å². The summed E-state index contributed by atoms with van der Waals surface area (Å²) in [7, 11) is 0. The van der Waals surface area contributed by atoms with Crippen molar-refractivity contribution in [3.63, 3.8) is 0 Å². The molecule has 0 aromatic heterocycles. The van der Waals surface area contributed by atoms with Gasteiger partial charge < -0.3 is 10.0 Å². The summed E-state index contributed by atoms with van der Waals surface area (Å²) in [4.78, 5) is 23.9. The fourth-order valence-electron chi connectivity index (χ4n) is 2.35. The van der Waals surface area contributed by atoms with Crippen molar-refractivity contribution >= 4 is 11.9 Å². The molecule has 1 saturated heterocycles. The van der Waals surface area contributed by atoms with E-state index < -0.39 is 12.1 Å². The summed E-state index contributed by atoms with van der Waals surface area (Å²) in [5, 5.41) is 9.14. The van der Waals surface area contributed by atoms with Crippen LogP contribution in [0.2, 0.25) is 0 Å². The summed E-state index contributed by atoms with van der Waals surface area (Å²) in [6.07, 6.45) is -0.627. The smallest absolute Gasteiger partial charge is 0.407 e. The molecule has 18 heavy (non-hydrogen) atoms. The van der Waals surface area contributed by atoms with E-state index in [2.05, 4.69) is 0 Å². The first-order chi connectivity index (χ1) is 8.49. The molecule has 0 spiro atoms. The number of amides is 1. The molecule has 0 saturated carbocycles. The third-order valence-electron chi connectivity index (χ3n) is 3.27. The third-order valence-corrected chi connectivity index (χ3v) is 3.27. The normalized spacial score (nSPS) is 20.0. The molecule has 0 bridgehead atoms. The van der Waals surface area contributed by atoms with Gasteiger partial charge in [0.05, 0.1) is 6.04 Å². The highest BCUT2D eigenvalue weighted by Gasteiger charge is 2.32. The van der Waals surface area contributed by atoms with Crippen molar-refractivity contribution < 1.29 is 19.1 Å². The van der Waals surface area contributed by atoms with E-state index in [0.29, 0.717) is 11.1 Å². The summed E-state index contributed by atoms with van der Waals surface area (Å²) in [5.41, 5.74) is 1.37. The average molecular weight is 251 g/mol. The number of carbonyl (C=O) groups is 2. The van der Waals surface area contributed by atoms with Gasteiger partial charge in [-0.05, 0) is 30.2 Å². The van der Waals surface area contributed by atoms with Crippen molar-refractivity contribution in [3.8, 4) is 0 Å². The van der Waals surface area contributed by atoms with Crippen LogP contribution in [0, 0.1) is 12.7 Å². The van der Waals surface area contributed by atoms with E-state index in [1.807, 2.05) is 0 Å². The van der Waals surface area contributed by atoms with Crippen LogP contribution in [-0.4, -0.2) is 28.4 Å². The third kappa shape index (κ3) is 2.34. The zero-order valence-corrected chi connectivity index (χ0v) is 10.0. The van der Waals surface area contributed by atoms with E-state index in [0.717, 1.165) is 0 Å². The van der Waals surface area contributed by atoms with Crippen molar-refractivity contribution in [2.75, 3.05) is 6.54 Å². The maximum Gasteiger partial charge on any atom is 0.407 e. The van der Waals surface area contributed by atoms with E-state index in [-0.39, 0.29) is 31.0 Å². The molecule has 4 nitrogen and oxygen atoms in total. The SMILES string of the molecule is Cc1cc(F)ccc1[C@@H]1CC(=O)CCN1C(=O)O. The lowest BCUT2D eigenvalue weighted by atomic mass is 9.92. The Balaban J connectivity index is 2.38. The molecule has 1 aromatic rings. The van der Waals surface area contributed by atoms with Gasteiger partial charge in [-0.3, -0.25) is 4.79 Å². The number of ketones is 1. The van der Waals surface area contributed by atoms with E-state index >= 15 is 0 Å². The molecule has 1 atom stereocenters. The first-order valence-electron chi connectivity index (χ1n) is 5.76. The van der Waals surface area contributed by atoms with Crippen LogP contribution in [0.3, 0.4) is 0 Å². The van der Waals surface area contributed by atoms with Gasteiger partial charge in [0.1, 0.15) is 11.6 Å². The molecule has 2 rings (SSSR count). The van der Waals surface area contributed by atoms with E-state index in [9.17, 15) is 14.0 Å². The first-order valence-corrected chi connectivity index (χ1v) is 5.76. The number of benzene rings is 1. The lowest BCUT2D eigenvalue weighted by Gasteiger charge is -2.33. The second-order valence-electron chi connectivity index (χ2n) is 4.49. The predicted octanol–water partition coefficient (Wildman–Crippen LogP) is 2.52. The number of carbonyl (C=O) groups excluding carboxylic acids is 1. The molecule has 1 aliphatic heterocycles. The summed E-state index contributed by atoms with van der Waals surface area (Å²) >= 11 is 0. The molecule has 0 unspecified atom stereocenters. The lowest BCUT2D eigenvalue weighted by molar-refractivity contribution is -0.122. The van der Waals surface area contributed by atoms with Crippen LogP contribution in [0.4, 0.5) is 9.18 Å². The minimum absolute atomic E-state index is 0.0428. The maximum absolute atomic E-state index is 13.1. The molecule has 0 aliphatic carbocycles. The number of aryl methyl sites for hydroxylation is 1. The molecule has 1 amide bonds. The Morgan fingerprint density at radius 3 is 2.83 bits per heavy atom. The number of nitrogens with zero attached hydrogens (tertiary/aromatic N) is 1. The quantitative estimate of drug-likeness (QED) is 0.834. The number of likely N-dealkylation sites (tertiary alicyclic amines) is 1. The average Bonchev–Trinajstić information content (AvgIpc) is 2.28. The van der Waals surface area contributed by atoms with Crippen LogP contribution in [0.5, 0.6) is 0 Å². The second-order valence-corrected chi connectivity index (χ2v) is 4.49. The van der Waals surface area contributed by atoms with Crippen molar-refractivity contribution in [1.29, 1.82) is 0 Å². The molecule has 0 radical (unpaired) electrons. The van der Waals surface area contributed by atoms with Gasteiger partial charge in [0, 0.05) is 19.4 Å². The number of rotatable bonds is 1. The molecule has 1 heterocycles. The number of hydrogen-bond donors (Lipinski definition) is 1. The van der Waals surface area contributed by atoms with E-state index in [4.69, 9.17) is 5.11 Å². The van der Waals surface area contributed by atoms with Gasteiger partial charge in [0.15, 0.2) is 0 Å². The molecule has 1 fully saturated rings. The van der Waals surface area contributed by atoms with Gasteiger partial charge in [-0.25, -0.2) is 9.18 Å². The van der Waals surface area contributed by atoms with Crippen LogP contribution in [0.1, 0.15) is 30.0 Å². The molecule has 1 aliphatic rings. The Kier molecular flexibility index (Phi) is 3.32. The number of carboxylic acid groups (broad SMARTS) is 1. The summed E-state index contributed by atoms with van der Waals surface area (Å²) < 4.78 is 13.1. The number of halogens is 1. The molecule has 96 valence electrons. The number of piperidine rings is 1. The Labute approximate surface area is 104 Å². The largest absolute Gasteiger partial charge is 0.465 e. The fourth-order valence-corrected chi connectivity index (χ4v) is 2.35. The number of hydrogen-bond acceptors (Lipinski definition) is 2. The molecule has 1 N–H and O–H groups in total. The van der Waals surface area contributed by atoms with Gasteiger partial charge in [0.25, 0.3) is 0 Å². The lowest BCUT2D eigenvalue weighted by Crippen LogP contribution is -2.40. The zero-order valence-electron chi connectivity index (χ0n) is 10.0. The summed E-state index contributed by atoms with van der Waals surface area (Å²) in [6.45, 7) is 1.92. The Morgan fingerprint density at radius 2 is 2.22 bits per heavy atom. The van der Waals surface area contributed by atoms with Crippen molar-refractivity contribution in [1.82, 2.24) is 4.90 Å². The van der Waals surface area contributed by atoms with Crippen LogP contribution >= 0.6 is 0 Å². The van der Waals surface area contributed by atoms with Crippen molar-refractivity contribution in [2.45, 2.75) is 25.8 Å². The Bertz CT molecular complexity index is 501. The van der Waals surface area contributed by atoms with Gasteiger partial charge in [-0.1, -0.05) is 6.07 Å². The Hall–Kier alpha value is -1.91. The Morgan fingerprint density at radius 1 is 1.50 bits per heavy atom. The monoisotopic (exact) mass is 251 g/mol. The standard InChI is InChI=1S/C13H14FNO3/c1-8-6-9(14)2-3-11(8)12-7-10(16)4-5-15(12)13(17)18/h2-3,6,12H,4-5,7H2,1H3,(H,17,18)/t12-/m0/s1. The summed E-state index contributed by atoms with van der Waals surface area (Å²) in [5.74, 6) is -0.318. The van der Waals surface area contributed by atoms with Crippen LogP contribution in [0.25, 0.3) is 0 Å². The zero-order chi connectivity index (χ0) is 13.3.